The zero-order chi connectivity index (χ0) is 16.1. The number of hydrogen-bond donors (Lipinski definition) is 2. The molecule has 1 aromatic rings. The van der Waals surface area contributed by atoms with Crippen molar-refractivity contribution in [2.75, 3.05) is 13.1 Å². The van der Waals surface area contributed by atoms with E-state index in [1.807, 2.05) is 13.8 Å². The Balaban J connectivity index is 1.81. The summed E-state index contributed by atoms with van der Waals surface area (Å²) >= 11 is 0. The van der Waals surface area contributed by atoms with Gasteiger partial charge < -0.3 is 0 Å². The lowest BCUT2D eigenvalue weighted by Gasteiger charge is -2.16. The highest BCUT2D eigenvalue weighted by molar-refractivity contribution is 6.21. The molecule has 0 saturated carbocycles. The maximum absolute atomic E-state index is 12.1. The molecule has 0 aromatic heterocycles. The van der Waals surface area contributed by atoms with Crippen LogP contribution in [-0.4, -0.2) is 35.7 Å². The molecule has 0 radical (unpaired) electrons. The Morgan fingerprint density at radius 1 is 1.18 bits per heavy atom. The lowest BCUT2D eigenvalue weighted by Crippen LogP contribution is -2.45. The highest BCUT2D eigenvalue weighted by Gasteiger charge is 2.34. The van der Waals surface area contributed by atoms with Gasteiger partial charge in [0.25, 0.3) is 11.8 Å². The Bertz CT molecular complexity index is 551. The number of benzene rings is 1. The third-order valence-electron chi connectivity index (χ3n) is 3.72. The van der Waals surface area contributed by atoms with Crippen LogP contribution in [0.2, 0.25) is 0 Å². The second-order valence-electron chi connectivity index (χ2n) is 5.41. The van der Waals surface area contributed by atoms with Crippen molar-refractivity contribution in [2.45, 2.75) is 26.7 Å². The van der Waals surface area contributed by atoms with Crippen LogP contribution >= 0.6 is 0 Å². The van der Waals surface area contributed by atoms with E-state index >= 15 is 0 Å². The van der Waals surface area contributed by atoms with Gasteiger partial charge in [-0.3, -0.25) is 24.7 Å². The SMILES string of the molecule is CCCC(C)C(=O)NNCCN1C(=O)c2ccccc2C1=O. The van der Waals surface area contributed by atoms with E-state index in [9.17, 15) is 14.4 Å². The second-order valence-corrected chi connectivity index (χ2v) is 5.41. The molecule has 2 N–H and O–H groups in total. The molecule has 1 atom stereocenters. The van der Waals surface area contributed by atoms with E-state index in [0.29, 0.717) is 17.7 Å². The molecule has 6 heteroatoms. The van der Waals surface area contributed by atoms with Crippen molar-refractivity contribution < 1.29 is 14.4 Å². The summed E-state index contributed by atoms with van der Waals surface area (Å²) in [5.41, 5.74) is 6.25. The highest BCUT2D eigenvalue weighted by Crippen LogP contribution is 2.21. The summed E-state index contributed by atoms with van der Waals surface area (Å²) in [4.78, 5) is 37.1. The number of carbonyl (C=O) groups is 3. The number of nitrogens with one attached hydrogen (secondary N) is 2. The summed E-state index contributed by atoms with van der Waals surface area (Å²) in [7, 11) is 0. The lowest BCUT2D eigenvalue weighted by atomic mass is 10.1. The Kier molecular flexibility index (Phi) is 5.27. The second kappa shape index (κ2) is 7.17. The molecule has 2 rings (SSSR count). The molecule has 0 aliphatic carbocycles. The monoisotopic (exact) mass is 303 g/mol. The van der Waals surface area contributed by atoms with E-state index in [1.165, 1.54) is 4.90 Å². The molecule has 1 aromatic carbocycles. The van der Waals surface area contributed by atoms with Gasteiger partial charge in [-0.05, 0) is 18.6 Å². The molecule has 118 valence electrons. The van der Waals surface area contributed by atoms with E-state index in [4.69, 9.17) is 0 Å². The third-order valence-corrected chi connectivity index (χ3v) is 3.72. The minimum absolute atomic E-state index is 0.0585. The summed E-state index contributed by atoms with van der Waals surface area (Å²) in [6.45, 7) is 4.43. The van der Waals surface area contributed by atoms with Gasteiger partial charge in [-0.15, -0.1) is 0 Å². The van der Waals surface area contributed by atoms with Crippen molar-refractivity contribution in [1.29, 1.82) is 0 Å². The Labute approximate surface area is 129 Å². The summed E-state index contributed by atoms with van der Waals surface area (Å²) < 4.78 is 0. The summed E-state index contributed by atoms with van der Waals surface area (Å²) in [6.07, 6.45) is 1.77. The number of rotatable bonds is 7. The van der Waals surface area contributed by atoms with Crippen LogP contribution in [-0.2, 0) is 4.79 Å². The number of imide groups is 1. The molecular formula is C16H21N3O3. The lowest BCUT2D eigenvalue weighted by molar-refractivity contribution is -0.125. The first-order valence-corrected chi connectivity index (χ1v) is 7.54. The van der Waals surface area contributed by atoms with Gasteiger partial charge in [0.1, 0.15) is 0 Å². The van der Waals surface area contributed by atoms with Gasteiger partial charge >= 0.3 is 0 Å². The normalized spacial score (nSPS) is 14.9. The van der Waals surface area contributed by atoms with E-state index in [-0.39, 0.29) is 30.2 Å². The van der Waals surface area contributed by atoms with Crippen molar-refractivity contribution in [2.24, 2.45) is 5.92 Å². The summed E-state index contributed by atoms with van der Waals surface area (Å²) in [6, 6.07) is 6.77. The first-order valence-electron chi connectivity index (χ1n) is 7.54. The average molecular weight is 303 g/mol. The topological polar surface area (TPSA) is 78.5 Å². The first-order chi connectivity index (χ1) is 10.6. The average Bonchev–Trinajstić information content (AvgIpc) is 2.76. The number of nitrogens with zero attached hydrogens (tertiary/aromatic N) is 1. The molecule has 0 fully saturated rings. The Morgan fingerprint density at radius 3 is 2.32 bits per heavy atom. The minimum Gasteiger partial charge on any atom is -0.291 e. The van der Waals surface area contributed by atoms with Gasteiger partial charge in [-0.2, -0.15) is 0 Å². The van der Waals surface area contributed by atoms with E-state index in [2.05, 4.69) is 10.9 Å². The number of fused-ring (bicyclic) bond motifs is 1. The van der Waals surface area contributed by atoms with Gasteiger partial charge in [0.2, 0.25) is 5.91 Å². The summed E-state index contributed by atoms with van der Waals surface area (Å²) in [5, 5.41) is 0. The maximum Gasteiger partial charge on any atom is 0.261 e. The minimum atomic E-state index is -0.284. The van der Waals surface area contributed by atoms with Crippen molar-refractivity contribution in [1.82, 2.24) is 15.8 Å². The molecule has 6 nitrogen and oxygen atoms in total. The van der Waals surface area contributed by atoms with Crippen LogP contribution in [0.15, 0.2) is 24.3 Å². The van der Waals surface area contributed by atoms with Gasteiger partial charge in [0.15, 0.2) is 0 Å². The zero-order valence-corrected chi connectivity index (χ0v) is 12.9. The summed E-state index contributed by atoms with van der Waals surface area (Å²) in [5.74, 6) is -0.706. The van der Waals surface area contributed by atoms with Crippen LogP contribution in [0.25, 0.3) is 0 Å². The van der Waals surface area contributed by atoms with Crippen molar-refractivity contribution in [3.05, 3.63) is 35.4 Å². The molecule has 0 spiro atoms. The predicted molar refractivity (Wildman–Crippen MR) is 82.0 cm³/mol. The molecule has 1 aliphatic heterocycles. The maximum atomic E-state index is 12.1. The third kappa shape index (κ3) is 3.33. The van der Waals surface area contributed by atoms with Crippen LogP contribution in [0.1, 0.15) is 47.4 Å². The molecule has 1 unspecified atom stereocenters. The van der Waals surface area contributed by atoms with E-state index in [1.54, 1.807) is 24.3 Å². The van der Waals surface area contributed by atoms with Crippen LogP contribution in [0.4, 0.5) is 0 Å². The van der Waals surface area contributed by atoms with Crippen molar-refractivity contribution in [3.63, 3.8) is 0 Å². The fourth-order valence-electron chi connectivity index (χ4n) is 2.45. The standard InChI is InChI=1S/C16H21N3O3/c1-3-6-11(2)14(20)18-17-9-10-19-15(21)12-7-4-5-8-13(12)16(19)22/h4-5,7-8,11,17H,3,6,9-10H2,1-2H3,(H,18,20). The molecule has 3 amide bonds. The van der Waals surface area contributed by atoms with Gasteiger partial charge in [0.05, 0.1) is 11.1 Å². The fraction of sp³-hybridized carbons (Fsp3) is 0.438. The van der Waals surface area contributed by atoms with Gasteiger partial charge in [-0.1, -0.05) is 32.4 Å². The smallest absolute Gasteiger partial charge is 0.261 e. The van der Waals surface area contributed by atoms with Crippen LogP contribution in [0.5, 0.6) is 0 Å². The molecule has 1 aliphatic rings. The number of hydrazine groups is 1. The highest BCUT2D eigenvalue weighted by atomic mass is 16.2. The quantitative estimate of drug-likeness (QED) is 0.453. The Morgan fingerprint density at radius 2 is 1.77 bits per heavy atom. The zero-order valence-electron chi connectivity index (χ0n) is 12.9. The number of carbonyl (C=O) groups excluding carboxylic acids is 3. The van der Waals surface area contributed by atoms with Gasteiger partial charge in [-0.25, -0.2) is 5.43 Å². The molecule has 0 saturated heterocycles. The molecule has 0 bridgehead atoms. The van der Waals surface area contributed by atoms with Crippen LogP contribution < -0.4 is 10.9 Å². The van der Waals surface area contributed by atoms with Crippen LogP contribution in [0, 0.1) is 5.92 Å². The Hall–Kier alpha value is -2.21. The molecular weight excluding hydrogens is 282 g/mol. The number of hydrogen-bond acceptors (Lipinski definition) is 4. The first kappa shape index (κ1) is 16.2. The van der Waals surface area contributed by atoms with Crippen molar-refractivity contribution in [3.8, 4) is 0 Å². The van der Waals surface area contributed by atoms with E-state index in [0.717, 1.165) is 12.8 Å². The number of amides is 3. The van der Waals surface area contributed by atoms with Crippen molar-refractivity contribution >= 4 is 17.7 Å². The molecule has 1 heterocycles. The van der Waals surface area contributed by atoms with Crippen LogP contribution in [0.3, 0.4) is 0 Å². The van der Waals surface area contributed by atoms with Gasteiger partial charge in [0, 0.05) is 19.0 Å². The predicted octanol–water partition coefficient (Wildman–Crippen LogP) is 1.34. The fourth-order valence-corrected chi connectivity index (χ4v) is 2.45. The molecule has 22 heavy (non-hydrogen) atoms. The van der Waals surface area contributed by atoms with E-state index < -0.39 is 0 Å². The largest absolute Gasteiger partial charge is 0.291 e.